The Labute approximate surface area is 171 Å². The Kier molecular flexibility index (Phi) is 7.37. The molecule has 2 aromatic heterocycles. The van der Waals surface area contributed by atoms with E-state index in [2.05, 4.69) is 37.2 Å². The fourth-order valence-electron chi connectivity index (χ4n) is 2.99. The molecule has 0 atom stereocenters. The van der Waals surface area contributed by atoms with Gasteiger partial charge in [0.2, 0.25) is 5.88 Å². The number of hydrogen-bond donors (Lipinski definition) is 1. The smallest absolute Gasteiger partial charge is 0.261 e. The van der Waals surface area contributed by atoms with Gasteiger partial charge in [0, 0.05) is 23.8 Å². The molecule has 0 saturated carbocycles. The van der Waals surface area contributed by atoms with E-state index in [-0.39, 0.29) is 5.82 Å². The molecule has 2 heterocycles. The second kappa shape index (κ2) is 9.37. The number of pyridine rings is 1. The van der Waals surface area contributed by atoms with Crippen LogP contribution in [0.25, 0.3) is 10.9 Å². The van der Waals surface area contributed by atoms with E-state index in [1.54, 1.807) is 18.3 Å². The molecule has 0 aliphatic carbocycles. The molecule has 0 aliphatic rings. The number of nitrogens with zero attached hydrogens (tertiary/aromatic N) is 2. The topological polar surface area (TPSA) is 81.4 Å². The summed E-state index contributed by atoms with van der Waals surface area (Å²) in [7, 11) is -3.67. The Morgan fingerprint density at radius 2 is 1.76 bits per heavy atom. The lowest BCUT2D eigenvalue weighted by molar-refractivity contribution is 0.296. The summed E-state index contributed by atoms with van der Waals surface area (Å²) in [6.45, 7) is 9.98. The molecule has 3 rings (SSSR count). The van der Waals surface area contributed by atoms with Crippen LogP contribution in [0.5, 0.6) is 5.88 Å². The van der Waals surface area contributed by atoms with Gasteiger partial charge >= 0.3 is 0 Å². The zero-order valence-electron chi connectivity index (χ0n) is 17.3. The summed E-state index contributed by atoms with van der Waals surface area (Å²) in [5, 5.41) is 1.18. The quantitative estimate of drug-likeness (QED) is 0.611. The third-order valence-corrected chi connectivity index (χ3v) is 4.35. The molecule has 1 aromatic carbocycles. The van der Waals surface area contributed by atoms with Gasteiger partial charge in [0.15, 0.2) is 0 Å². The van der Waals surface area contributed by atoms with Crippen LogP contribution in [0.2, 0.25) is 0 Å². The minimum Gasteiger partial charge on any atom is -0.471 e. The van der Waals surface area contributed by atoms with Crippen molar-refractivity contribution in [1.82, 2.24) is 9.55 Å². The van der Waals surface area contributed by atoms with Crippen molar-refractivity contribution in [2.75, 3.05) is 6.26 Å². The van der Waals surface area contributed by atoms with E-state index in [0.29, 0.717) is 24.7 Å². The van der Waals surface area contributed by atoms with Gasteiger partial charge in [-0.2, -0.15) is 8.42 Å². The summed E-state index contributed by atoms with van der Waals surface area (Å²) in [4.78, 5) is 4.44. The number of aryl methyl sites for hydroxylation is 1. The van der Waals surface area contributed by atoms with Gasteiger partial charge in [0.05, 0.1) is 6.26 Å². The Bertz CT molecular complexity index is 1070. The van der Waals surface area contributed by atoms with Gasteiger partial charge in [-0.15, -0.1) is 0 Å². The van der Waals surface area contributed by atoms with E-state index < -0.39 is 10.1 Å². The Morgan fingerprint density at radius 3 is 2.31 bits per heavy atom. The molecular weight excluding hydrogens is 395 g/mol. The van der Waals surface area contributed by atoms with Crippen molar-refractivity contribution in [3.8, 4) is 5.88 Å². The number of benzene rings is 1. The highest BCUT2D eigenvalue weighted by molar-refractivity contribution is 7.85. The third kappa shape index (κ3) is 6.54. The van der Waals surface area contributed by atoms with Gasteiger partial charge < -0.3 is 9.30 Å². The lowest BCUT2D eigenvalue weighted by atomic mass is 10.2. The van der Waals surface area contributed by atoms with Crippen LogP contribution in [-0.2, 0) is 23.3 Å². The van der Waals surface area contributed by atoms with Crippen LogP contribution in [0.4, 0.5) is 4.39 Å². The summed E-state index contributed by atoms with van der Waals surface area (Å²) in [6, 6.07) is 8.41. The van der Waals surface area contributed by atoms with E-state index in [9.17, 15) is 12.8 Å². The zero-order valence-corrected chi connectivity index (χ0v) is 18.1. The van der Waals surface area contributed by atoms with Crippen LogP contribution in [0.15, 0.2) is 36.5 Å². The maximum Gasteiger partial charge on any atom is 0.261 e. The predicted octanol–water partition coefficient (Wildman–Crippen LogP) is 4.53. The standard InChI is InChI=1S/C20H23FN2O.CH4O3S/c1-13(2)11-23-15(4)14(3)18-9-10-22-20(19(18)23)24-12-16-5-7-17(21)8-6-16;1-5(2,3)4/h5-10,13H,11-12H2,1-4H3;1H3,(H,2,3,4). The van der Waals surface area contributed by atoms with Crippen LogP contribution in [-0.4, -0.2) is 28.8 Å². The molecule has 6 nitrogen and oxygen atoms in total. The fraction of sp³-hybridized carbons (Fsp3) is 0.381. The summed E-state index contributed by atoms with van der Waals surface area (Å²) in [5.41, 5.74) is 4.48. The maximum absolute atomic E-state index is 13.0. The summed E-state index contributed by atoms with van der Waals surface area (Å²) in [5.74, 6) is 0.925. The van der Waals surface area contributed by atoms with Crippen molar-refractivity contribution >= 4 is 21.0 Å². The van der Waals surface area contributed by atoms with E-state index >= 15 is 0 Å². The van der Waals surface area contributed by atoms with E-state index in [0.717, 1.165) is 17.6 Å². The number of hydrogen-bond acceptors (Lipinski definition) is 4. The molecule has 0 aliphatic heterocycles. The summed E-state index contributed by atoms with van der Waals surface area (Å²) in [6.07, 6.45) is 2.50. The van der Waals surface area contributed by atoms with Crippen LogP contribution >= 0.6 is 0 Å². The summed E-state index contributed by atoms with van der Waals surface area (Å²) < 4.78 is 47.2. The molecule has 0 bridgehead atoms. The highest BCUT2D eigenvalue weighted by Crippen LogP contribution is 2.31. The van der Waals surface area contributed by atoms with Gasteiger partial charge in [0.1, 0.15) is 17.9 Å². The number of rotatable bonds is 5. The van der Waals surface area contributed by atoms with Gasteiger partial charge in [-0.3, -0.25) is 4.55 Å². The molecule has 0 unspecified atom stereocenters. The lowest BCUT2D eigenvalue weighted by Crippen LogP contribution is -2.08. The highest BCUT2D eigenvalue weighted by atomic mass is 32.2. The van der Waals surface area contributed by atoms with Crippen LogP contribution in [0.3, 0.4) is 0 Å². The molecule has 0 saturated heterocycles. The number of aromatic nitrogens is 2. The normalized spacial score (nSPS) is 11.4. The molecule has 1 N–H and O–H groups in total. The van der Waals surface area contributed by atoms with Crippen LogP contribution < -0.4 is 4.74 Å². The van der Waals surface area contributed by atoms with Gasteiger partial charge in [0.25, 0.3) is 10.1 Å². The monoisotopic (exact) mass is 422 g/mol. The molecule has 0 fully saturated rings. The average Bonchev–Trinajstić information content (AvgIpc) is 2.85. The fourth-order valence-corrected chi connectivity index (χ4v) is 2.99. The van der Waals surface area contributed by atoms with Crippen LogP contribution in [0, 0.1) is 25.6 Å². The van der Waals surface area contributed by atoms with Gasteiger partial charge in [-0.1, -0.05) is 26.0 Å². The Balaban J connectivity index is 0.000000537. The number of ether oxygens (including phenoxy) is 1. The van der Waals surface area contributed by atoms with Crippen molar-refractivity contribution < 1.29 is 22.1 Å². The molecular formula is C21H27FN2O4S. The SMILES string of the molecule is CS(=O)(=O)O.Cc1c(C)n(CC(C)C)c2c(OCc3ccc(F)cc3)nccc12. The average molecular weight is 423 g/mol. The molecule has 0 radical (unpaired) electrons. The minimum absolute atomic E-state index is 0.240. The largest absolute Gasteiger partial charge is 0.471 e. The predicted molar refractivity (Wildman–Crippen MR) is 112 cm³/mol. The van der Waals surface area contributed by atoms with E-state index in [4.69, 9.17) is 9.29 Å². The Hall–Kier alpha value is -2.45. The first kappa shape index (κ1) is 22.8. The molecule has 29 heavy (non-hydrogen) atoms. The zero-order chi connectivity index (χ0) is 21.8. The van der Waals surface area contributed by atoms with E-state index in [1.165, 1.54) is 28.8 Å². The van der Waals surface area contributed by atoms with Crippen LogP contribution in [0.1, 0.15) is 30.7 Å². The maximum atomic E-state index is 13.0. The Morgan fingerprint density at radius 1 is 1.17 bits per heavy atom. The molecule has 3 aromatic rings. The highest BCUT2D eigenvalue weighted by Gasteiger charge is 2.17. The number of halogens is 1. The van der Waals surface area contributed by atoms with Gasteiger partial charge in [-0.05, 0) is 49.1 Å². The van der Waals surface area contributed by atoms with Crippen molar-refractivity contribution in [3.05, 3.63) is 59.2 Å². The van der Waals surface area contributed by atoms with E-state index in [1.807, 2.05) is 6.07 Å². The lowest BCUT2D eigenvalue weighted by Gasteiger charge is -2.13. The van der Waals surface area contributed by atoms with Crippen molar-refractivity contribution in [2.24, 2.45) is 5.92 Å². The molecule has 0 spiro atoms. The van der Waals surface area contributed by atoms with Gasteiger partial charge in [-0.25, -0.2) is 9.37 Å². The molecule has 0 amide bonds. The molecule has 158 valence electrons. The van der Waals surface area contributed by atoms with Crippen molar-refractivity contribution in [3.63, 3.8) is 0 Å². The minimum atomic E-state index is -3.67. The van der Waals surface area contributed by atoms with Crippen molar-refractivity contribution in [2.45, 2.75) is 40.8 Å². The number of fused-ring (bicyclic) bond motifs is 1. The second-order valence-corrected chi connectivity index (χ2v) is 8.84. The first-order chi connectivity index (χ1) is 13.5. The summed E-state index contributed by atoms with van der Waals surface area (Å²) >= 11 is 0. The van der Waals surface area contributed by atoms with Crippen molar-refractivity contribution in [1.29, 1.82) is 0 Å². The first-order valence-electron chi connectivity index (χ1n) is 9.21. The molecule has 8 heteroatoms. The second-order valence-electron chi connectivity index (χ2n) is 7.38. The first-order valence-corrected chi connectivity index (χ1v) is 11.1. The third-order valence-electron chi connectivity index (χ3n) is 4.35.